The van der Waals surface area contributed by atoms with Crippen molar-refractivity contribution in [1.82, 2.24) is 0 Å². The molecule has 1 aliphatic carbocycles. The quantitative estimate of drug-likeness (QED) is 0.834. The maximum Gasteiger partial charge on any atom is 0.181 e. The molecule has 3 atom stereocenters. The van der Waals surface area contributed by atoms with Gasteiger partial charge in [0.1, 0.15) is 0 Å². The van der Waals surface area contributed by atoms with Gasteiger partial charge in [-0.1, -0.05) is 19.1 Å². The second kappa shape index (κ2) is 6.29. The van der Waals surface area contributed by atoms with Gasteiger partial charge in [-0.2, -0.15) is 0 Å². The minimum atomic E-state index is -0.141. The largest absolute Gasteiger partial charge is 0.394 e. The lowest BCUT2D eigenvalue weighted by Gasteiger charge is -2.13. The molecule has 0 saturated carbocycles. The molecule has 1 unspecified atom stereocenters. The average Bonchev–Trinajstić information content (AvgIpc) is 2.75. The number of aliphatic hydroxyl groups excluding tert-OH is 1. The Labute approximate surface area is 118 Å². The first-order chi connectivity index (χ1) is 9.49. The molecule has 0 bridgehead atoms. The summed E-state index contributed by atoms with van der Waals surface area (Å²) in [5, 5.41) is 9.13. The first kappa shape index (κ1) is 14.9. The zero-order valence-corrected chi connectivity index (χ0v) is 11.8. The lowest BCUT2D eigenvalue weighted by Crippen LogP contribution is -2.15. The zero-order chi connectivity index (χ0) is 14.7. The maximum atomic E-state index is 11.8. The Kier molecular flexibility index (Phi) is 4.68. The van der Waals surface area contributed by atoms with E-state index in [1.165, 1.54) is 12.2 Å². The minimum absolute atomic E-state index is 0.0131. The fourth-order valence-corrected chi connectivity index (χ4v) is 2.55. The minimum Gasteiger partial charge on any atom is -0.394 e. The second-order valence-electron chi connectivity index (χ2n) is 5.53. The molecule has 0 radical (unpaired) electrons. The number of carbonyl (C=O) groups excluding carboxylic acids is 2. The van der Waals surface area contributed by atoms with Crippen molar-refractivity contribution in [3.8, 4) is 0 Å². The van der Waals surface area contributed by atoms with Crippen LogP contribution in [0.25, 0.3) is 0 Å². The molecule has 1 saturated heterocycles. The summed E-state index contributed by atoms with van der Waals surface area (Å²) in [7, 11) is 0. The predicted octanol–water partition coefficient (Wildman–Crippen LogP) is 1.74. The van der Waals surface area contributed by atoms with Crippen molar-refractivity contribution in [2.24, 2.45) is 5.92 Å². The van der Waals surface area contributed by atoms with Crippen LogP contribution in [0.3, 0.4) is 0 Å². The third-order valence-corrected chi connectivity index (χ3v) is 3.72. The molecule has 0 spiro atoms. The number of ketones is 2. The van der Waals surface area contributed by atoms with Gasteiger partial charge >= 0.3 is 0 Å². The first-order valence-corrected chi connectivity index (χ1v) is 6.90. The van der Waals surface area contributed by atoms with E-state index in [2.05, 4.69) is 6.92 Å². The van der Waals surface area contributed by atoms with E-state index in [9.17, 15) is 9.59 Å². The predicted molar refractivity (Wildman–Crippen MR) is 75.1 cm³/mol. The fraction of sp³-hybridized carbons (Fsp3) is 0.500. The monoisotopic (exact) mass is 276 g/mol. The molecule has 1 heterocycles. The molecule has 20 heavy (non-hydrogen) atoms. The number of aliphatic hydroxyl groups is 1. The Hall–Kier alpha value is -1.52. The molecule has 1 fully saturated rings. The lowest BCUT2D eigenvalue weighted by molar-refractivity contribution is -0.115. The summed E-state index contributed by atoms with van der Waals surface area (Å²) in [5.41, 5.74) is 1.26. The third kappa shape index (κ3) is 3.52. The number of hydrogen-bond donors (Lipinski definition) is 1. The van der Waals surface area contributed by atoms with Crippen LogP contribution < -0.4 is 0 Å². The van der Waals surface area contributed by atoms with E-state index in [-0.39, 0.29) is 36.8 Å². The molecule has 1 N–H and O–H groups in total. The summed E-state index contributed by atoms with van der Waals surface area (Å²) in [5.74, 6) is 0.0787. The molecule has 1 aliphatic heterocycles. The molecule has 2 aliphatic rings. The van der Waals surface area contributed by atoms with E-state index in [0.29, 0.717) is 11.5 Å². The highest BCUT2D eigenvalue weighted by molar-refractivity contribution is 6.09. The standard InChI is InChI=1S/C16H20O4/c1-10-5-13(18)7-12(3-4-15(10)19)8-16-11(2)6-14(9-17)20-16/h3-5,8,11,14,16-17H,6-7,9H2,1-2H3/b4-3-,10-5-,12-8+/t11-,14-,16?/m0/s1. The third-order valence-electron chi connectivity index (χ3n) is 3.72. The van der Waals surface area contributed by atoms with Crippen LogP contribution in [0.1, 0.15) is 26.7 Å². The van der Waals surface area contributed by atoms with Gasteiger partial charge in [0, 0.05) is 6.42 Å². The average molecular weight is 276 g/mol. The smallest absolute Gasteiger partial charge is 0.181 e. The van der Waals surface area contributed by atoms with E-state index in [1.54, 1.807) is 13.0 Å². The van der Waals surface area contributed by atoms with Crippen molar-refractivity contribution in [3.05, 3.63) is 35.5 Å². The normalized spacial score (nSPS) is 37.5. The van der Waals surface area contributed by atoms with Gasteiger partial charge in [0.15, 0.2) is 11.6 Å². The van der Waals surface area contributed by atoms with Crippen LogP contribution in [0.4, 0.5) is 0 Å². The Morgan fingerprint density at radius 2 is 2.15 bits per heavy atom. The highest BCUT2D eigenvalue weighted by Gasteiger charge is 2.30. The Morgan fingerprint density at radius 3 is 2.80 bits per heavy atom. The van der Waals surface area contributed by atoms with E-state index in [4.69, 9.17) is 9.84 Å². The van der Waals surface area contributed by atoms with Gasteiger partial charge in [-0.15, -0.1) is 0 Å². The summed E-state index contributed by atoms with van der Waals surface area (Å²) in [6, 6.07) is 0. The fourth-order valence-electron chi connectivity index (χ4n) is 2.55. The van der Waals surface area contributed by atoms with E-state index < -0.39 is 0 Å². The van der Waals surface area contributed by atoms with Crippen molar-refractivity contribution >= 4 is 11.6 Å². The van der Waals surface area contributed by atoms with Crippen molar-refractivity contribution in [3.63, 3.8) is 0 Å². The van der Waals surface area contributed by atoms with Crippen molar-refractivity contribution in [1.29, 1.82) is 0 Å². The van der Waals surface area contributed by atoms with Crippen molar-refractivity contribution in [2.45, 2.75) is 38.9 Å². The van der Waals surface area contributed by atoms with Crippen LogP contribution in [0, 0.1) is 5.92 Å². The van der Waals surface area contributed by atoms with Crippen LogP contribution in [0.2, 0.25) is 0 Å². The van der Waals surface area contributed by atoms with Crippen LogP contribution in [0.15, 0.2) is 35.5 Å². The first-order valence-electron chi connectivity index (χ1n) is 6.90. The lowest BCUT2D eigenvalue weighted by atomic mass is 9.96. The van der Waals surface area contributed by atoms with Crippen LogP contribution in [-0.2, 0) is 14.3 Å². The highest BCUT2D eigenvalue weighted by atomic mass is 16.5. The Morgan fingerprint density at radius 1 is 1.40 bits per heavy atom. The topological polar surface area (TPSA) is 63.6 Å². The summed E-state index contributed by atoms with van der Waals surface area (Å²) < 4.78 is 5.71. The van der Waals surface area contributed by atoms with Gasteiger partial charge in [-0.25, -0.2) is 0 Å². The maximum absolute atomic E-state index is 11.8. The number of ether oxygens (including phenoxy) is 1. The van der Waals surface area contributed by atoms with Gasteiger partial charge in [-0.05, 0) is 42.6 Å². The molecular weight excluding hydrogens is 256 g/mol. The summed E-state index contributed by atoms with van der Waals surface area (Å²) >= 11 is 0. The molecule has 0 aromatic heterocycles. The molecule has 108 valence electrons. The molecule has 0 amide bonds. The molecule has 4 heteroatoms. The molecule has 2 rings (SSSR count). The van der Waals surface area contributed by atoms with Crippen LogP contribution in [0.5, 0.6) is 0 Å². The van der Waals surface area contributed by atoms with Gasteiger partial charge < -0.3 is 9.84 Å². The van der Waals surface area contributed by atoms with Crippen LogP contribution >= 0.6 is 0 Å². The van der Waals surface area contributed by atoms with Gasteiger partial charge in [0.25, 0.3) is 0 Å². The van der Waals surface area contributed by atoms with Gasteiger partial charge in [-0.3, -0.25) is 9.59 Å². The van der Waals surface area contributed by atoms with Crippen molar-refractivity contribution in [2.75, 3.05) is 6.61 Å². The zero-order valence-electron chi connectivity index (χ0n) is 11.8. The van der Waals surface area contributed by atoms with Crippen LogP contribution in [-0.4, -0.2) is 35.5 Å². The SMILES string of the molecule is C/C1=C/C(=O)CC(=C/C2O[C@H](CO)C[C@@H]2C)/C=C\C1=O. The molecule has 4 nitrogen and oxygen atoms in total. The van der Waals surface area contributed by atoms with Gasteiger partial charge in [0.2, 0.25) is 0 Å². The van der Waals surface area contributed by atoms with E-state index in [0.717, 1.165) is 12.0 Å². The summed E-state index contributed by atoms with van der Waals surface area (Å²) in [6.45, 7) is 3.72. The molecular formula is C16H20O4. The summed E-state index contributed by atoms with van der Waals surface area (Å²) in [4.78, 5) is 23.5. The van der Waals surface area contributed by atoms with Crippen molar-refractivity contribution < 1.29 is 19.4 Å². The van der Waals surface area contributed by atoms with Gasteiger partial charge in [0.05, 0.1) is 18.8 Å². The van der Waals surface area contributed by atoms with E-state index >= 15 is 0 Å². The Balaban J connectivity index is 2.16. The number of carbonyl (C=O) groups is 2. The molecule has 0 aromatic rings. The Bertz CT molecular complexity index is 499. The highest BCUT2D eigenvalue weighted by Crippen LogP contribution is 2.28. The second-order valence-corrected chi connectivity index (χ2v) is 5.53. The molecule has 0 aromatic carbocycles. The van der Waals surface area contributed by atoms with E-state index in [1.807, 2.05) is 6.08 Å². The number of hydrogen-bond acceptors (Lipinski definition) is 4. The summed E-state index contributed by atoms with van der Waals surface area (Å²) in [6.07, 6.45) is 7.32. The number of allylic oxidation sites excluding steroid dienone is 5. The number of rotatable bonds is 2.